The number of fused-ring (bicyclic) bond motifs is 9. The lowest BCUT2D eigenvalue weighted by Gasteiger charge is -2.43. The number of carbonyl (C=O) groups excluding carboxylic acids is 2. The molecule has 2 N–H and O–H groups in total. The van der Waals surface area contributed by atoms with E-state index >= 15 is 0 Å². The zero-order valence-electron chi connectivity index (χ0n) is 17.7. The molecule has 1 aromatic carbocycles. The Labute approximate surface area is 219 Å². The highest BCUT2D eigenvalue weighted by atomic mass is 35.5. The summed E-state index contributed by atoms with van der Waals surface area (Å²) in [5.74, 6) is -1.65. The molecule has 3 fully saturated rings. The molecule has 6 nitrogen and oxygen atoms in total. The quantitative estimate of drug-likeness (QED) is 0.377. The summed E-state index contributed by atoms with van der Waals surface area (Å²) in [6.45, 7) is 0.170. The number of benzene rings is 1. The van der Waals surface area contributed by atoms with E-state index in [-0.39, 0.29) is 72.0 Å². The number of thioether (sulfide) groups is 1. The molecule has 11 heteroatoms. The zero-order valence-corrected chi connectivity index (χ0v) is 21.7. The van der Waals surface area contributed by atoms with Crippen molar-refractivity contribution in [2.24, 2.45) is 29.6 Å². The van der Waals surface area contributed by atoms with Crippen molar-refractivity contribution in [3.63, 3.8) is 0 Å². The van der Waals surface area contributed by atoms with Crippen molar-refractivity contribution in [1.82, 2.24) is 9.88 Å². The summed E-state index contributed by atoms with van der Waals surface area (Å²) in [6, 6.07) is 5.67. The van der Waals surface area contributed by atoms with Crippen LogP contribution < -0.4 is 0 Å². The summed E-state index contributed by atoms with van der Waals surface area (Å²) in [5.41, 5.74) is 0.940. The number of aromatic nitrogens is 1. The molecule has 7 atom stereocenters. The number of likely N-dealkylation sites (tertiary alicyclic amines) is 1. The van der Waals surface area contributed by atoms with E-state index < -0.39 is 5.97 Å². The molecular formula is C23H20Cl2N2O4S3. The molecule has 3 heterocycles. The molecule has 2 amide bonds. The second-order valence-electron chi connectivity index (χ2n) is 9.43. The van der Waals surface area contributed by atoms with E-state index in [2.05, 4.69) is 4.98 Å². The minimum atomic E-state index is -0.925. The van der Waals surface area contributed by atoms with Gasteiger partial charge in [-0.25, -0.2) is 0 Å². The van der Waals surface area contributed by atoms with Crippen molar-refractivity contribution in [3.8, 4) is 0 Å². The number of amides is 2. The molecule has 6 rings (SSSR count). The fourth-order valence-corrected chi connectivity index (χ4v) is 10.5. The molecule has 2 aliphatic carbocycles. The molecule has 0 radical (unpaired) electrons. The van der Waals surface area contributed by atoms with Crippen LogP contribution in [-0.2, 0) is 14.4 Å². The van der Waals surface area contributed by atoms with Gasteiger partial charge in [0.2, 0.25) is 11.8 Å². The summed E-state index contributed by atoms with van der Waals surface area (Å²) < 4.78 is 0.699. The molecule has 1 aromatic heterocycles. The number of carboxylic acids is 1. The Morgan fingerprint density at radius 2 is 1.94 bits per heavy atom. The fraction of sp³-hybridized carbons (Fsp3) is 0.478. The molecule has 0 spiro atoms. The first-order valence-corrected chi connectivity index (χ1v) is 14.0. The van der Waals surface area contributed by atoms with Crippen LogP contribution in [-0.4, -0.2) is 44.6 Å². The monoisotopic (exact) mass is 554 g/mol. The van der Waals surface area contributed by atoms with Crippen LogP contribution in [0.4, 0.5) is 0 Å². The maximum Gasteiger partial charge on any atom is 0.303 e. The lowest BCUT2D eigenvalue weighted by atomic mass is 9.68. The molecular weight excluding hydrogens is 535 g/mol. The van der Waals surface area contributed by atoms with Crippen molar-refractivity contribution in [3.05, 3.63) is 42.6 Å². The summed E-state index contributed by atoms with van der Waals surface area (Å²) in [6.07, 6.45) is 1.05. The highest BCUT2D eigenvalue weighted by molar-refractivity contribution is 8.00. The van der Waals surface area contributed by atoms with Gasteiger partial charge in [-0.1, -0.05) is 35.3 Å². The van der Waals surface area contributed by atoms with Gasteiger partial charge < -0.3 is 10.1 Å². The van der Waals surface area contributed by atoms with Crippen LogP contribution in [0.2, 0.25) is 10.0 Å². The molecule has 4 aliphatic rings. The zero-order chi connectivity index (χ0) is 23.9. The van der Waals surface area contributed by atoms with Gasteiger partial charge in [-0.15, -0.1) is 23.1 Å². The number of aliphatic carboxylic acids is 1. The van der Waals surface area contributed by atoms with Crippen molar-refractivity contribution >= 4 is 76.3 Å². The number of thiazole rings is 1. The van der Waals surface area contributed by atoms with E-state index in [1.807, 2.05) is 12.1 Å². The van der Waals surface area contributed by atoms with Gasteiger partial charge in [0.25, 0.3) is 0 Å². The number of carbonyl (C=O) groups is 3. The van der Waals surface area contributed by atoms with E-state index in [1.165, 1.54) is 4.90 Å². The summed E-state index contributed by atoms with van der Waals surface area (Å²) in [4.78, 5) is 43.5. The smallest absolute Gasteiger partial charge is 0.303 e. The number of hydrogen-bond donors (Lipinski definition) is 2. The normalized spacial score (nSPS) is 33.2. The Morgan fingerprint density at radius 1 is 1.21 bits per heavy atom. The molecule has 2 aromatic rings. The maximum absolute atomic E-state index is 13.4. The van der Waals surface area contributed by atoms with Crippen molar-refractivity contribution in [1.29, 1.82) is 0 Å². The Kier molecular flexibility index (Phi) is 5.65. The predicted octanol–water partition coefficient (Wildman–Crippen LogP) is 5.45. The summed E-state index contributed by atoms with van der Waals surface area (Å²) >= 11 is 21.9. The SMILES string of the molecule is O=C(O)CCCN1C(=O)C2C3CC(C2C1=O)C1C(c2cccc(Cl)c2Cl)c2sc(=S)[nH]c2SC31. The van der Waals surface area contributed by atoms with E-state index in [0.717, 1.165) is 21.9 Å². The fourth-order valence-electron chi connectivity index (χ4n) is 6.80. The first-order valence-electron chi connectivity index (χ1n) is 11.2. The number of rotatable bonds is 5. The average molecular weight is 556 g/mol. The lowest BCUT2D eigenvalue weighted by molar-refractivity contribution is -0.142. The molecule has 2 saturated carbocycles. The van der Waals surface area contributed by atoms with Gasteiger partial charge in [-0.05, 0) is 54.4 Å². The Hall–Kier alpha value is -1.39. The third-order valence-corrected chi connectivity index (χ3v) is 11.7. The molecule has 178 valence electrons. The number of nitrogens with zero attached hydrogens (tertiary/aromatic N) is 1. The average Bonchev–Trinajstić information content (AvgIpc) is 3.51. The Morgan fingerprint density at radius 3 is 2.68 bits per heavy atom. The maximum atomic E-state index is 13.4. The van der Waals surface area contributed by atoms with Crippen LogP contribution >= 0.6 is 58.5 Å². The van der Waals surface area contributed by atoms with Crippen LogP contribution in [0, 0.1) is 33.5 Å². The van der Waals surface area contributed by atoms with Gasteiger partial charge >= 0.3 is 5.97 Å². The van der Waals surface area contributed by atoms with E-state index in [9.17, 15) is 14.4 Å². The topological polar surface area (TPSA) is 90.5 Å². The summed E-state index contributed by atoms with van der Waals surface area (Å²) in [5, 5.41) is 11.2. The first-order chi connectivity index (χ1) is 16.3. The van der Waals surface area contributed by atoms with E-state index in [1.54, 1.807) is 29.2 Å². The third kappa shape index (κ3) is 3.27. The Bertz CT molecular complexity index is 1290. The largest absolute Gasteiger partial charge is 0.481 e. The van der Waals surface area contributed by atoms with Crippen LogP contribution in [0.3, 0.4) is 0 Å². The number of halogens is 2. The van der Waals surface area contributed by atoms with Crippen molar-refractivity contribution < 1.29 is 19.5 Å². The Balaban J connectivity index is 1.40. The molecule has 2 aliphatic heterocycles. The van der Waals surface area contributed by atoms with Crippen LogP contribution in [0.1, 0.15) is 35.6 Å². The number of nitrogens with one attached hydrogen (secondary N) is 1. The highest BCUT2D eigenvalue weighted by Crippen LogP contribution is 2.69. The van der Waals surface area contributed by atoms with E-state index in [4.69, 9.17) is 40.5 Å². The second-order valence-corrected chi connectivity index (χ2v) is 13.1. The van der Waals surface area contributed by atoms with Crippen molar-refractivity contribution in [2.75, 3.05) is 6.54 Å². The van der Waals surface area contributed by atoms with Crippen LogP contribution in [0.15, 0.2) is 23.2 Å². The van der Waals surface area contributed by atoms with Crippen LogP contribution in [0.25, 0.3) is 0 Å². The predicted molar refractivity (Wildman–Crippen MR) is 133 cm³/mol. The number of H-pyrrole nitrogens is 1. The van der Waals surface area contributed by atoms with Gasteiger partial charge in [0.1, 0.15) is 0 Å². The lowest BCUT2D eigenvalue weighted by Crippen LogP contribution is -2.42. The highest BCUT2D eigenvalue weighted by Gasteiger charge is 2.69. The van der Waals surface area contributed by atoms with Gasteiger partial charge in [0.15, 0.2) is 3.95 Å². The molecule has 34 heavy (non-hydrogen) atoms. The molecule has 2 bridgehead atoms. The van der Waals surface area contributed by atoms with Gasteiger partial charge in [-0.3, -0.25) is 19.3 Å². The second kappa shape index (κ2) is 8.34. The van der Waals surface area contributed by atoms with Gasteiger partial charge in [0, 0.05) is 29.0 Å². The molecule has 7 unspecified atom stereocenters. The van der Waals surface area contributed by atoms with Gasteiger partial charge in [0.05, 0.1) is 26.9 Å². The number of carboxylic acid groups (broad SMARTS) is 1. The summed E-state index contributed by atoms with van der Waals surface area (Å²) in [7, 11) is 0. The van der Waals surface area contributed by atoms with Crippen LogP contribution in [0.5, 0.6) is 0 Å². The number of hydrogen-bond acceptors (Lipinski definition) is 6. The van der Waals surface area contributed by atoms with E-state index in [0.29, 0.717) is 14.0 Å². The third-order valence-electron chi connectivity index (χ3n) is 7.90. The standard InChI is InChI=1S/C23H20Cl2N2O4S3/c24-11-4-1-3-8(17(11)25)13-14-9-7-10(18(14)33-20-19(13)34-23(32)26-20)16-15(9)21(30)27(22(16)31)6-2-5-12(28)29/h1,3-4,9-10,13-16,18H,2,5-7H2,(H,26,32)(H,28,29). The first kappa shape index (κ1) is 23.0. The van der Waals surface area contributed by atoms with Crippen molar-refractivity contribution in [2.45, 2.75) is 35.5 Å². The molecule has 1 saturated heterocycles. The number of imide groups is 1. The minimum Gasteiger partial charge on any atom is -0.481 e. The minimum absolute atomic E-state index is 0.0506. The van der Waals surface area contributed by atoms with Gasteiger partial charge in [-0.2, -0.15) is 0 Å². The number of aromatic amines is 1.